The van der Waals surface area contributed by atoms with Crippen LogP contribution in [0.2, 0.25) is 0 Å². The van der Waals surface area contributed by atoms with Crippen LogP contribution in [0.15, 0.2) is 16.6 Å². The molecule has 96 valence electrons. The standard InChI is InChI=1S/C9H6BrF5O2/c1-16-6-2-4(10)5(11)3-7(6)17-9(14,15)8(12)13/h2-3,8H,1H3. The van der Waals surface area contributed by atoms with E-state index in [0.717, 1.165) is 13.2 Å². The Kier molecular flexibility index (Phi) is 4.18. The zero-order valence-electron chi connectivity index (χ0n) is 8.32. The van der Waals surface area contributed by atoms with Gasteiger partial charge in [-0.2, -0.15) is 17.6 Å². The summed E-state index contributed by atoms with van der Waals surface area (Å²) in [5.74, 6) is -2.04. The Morgan fingerprint density at radius 3 is 2.29 bits per heavy atom. The lowest BCUT2D eigenvalue weighted by atomic mass is 10.3. The Bertz CT molecular complexity index is 411. The molecule has 1 aromatic rings. The van der Waals surface area contributed by atoms with Crippen molar-refractivity contribution in [3.63, 3.8) is 0 Å². The van der Waals surface area contributed by atoms with E-state index in [2.05, 4.69) is 25.4 Å². The van der Waals surface area contributed by atoms with Crippen molar-refractivity contribution in [2.24, 2.45) is 0 Å². The molecule has 0 N–H and O–H groups in total. The molecular formula is C9H6BrF5O2. The molecule has 0 radical (unpaired) electrons. The van der Waals surface area contributed by atoms with Gasteiger partial charge in [-0.1, -0.05) is 0 Å². The molecule has 1 rings (SSSR count). The van der Waals surface area contributed by atoms with Crippen molar-refractivity contribution in [1.82, 2.24) is 0 Å². The molecule has 0 aliphatic carbocycles. The van der Waals surface area contributed by atoms with Crippen LogP contribution in [0.1, 0.15) is 0 Å². The monoisotopic (exact) mass is 320 g/mol. The summed E-state index contributed by atoms with van der Waals surface area (Å²) in [4.78, 5) is 0. The van der Waals surface area contributed by atoms with E-state index < -0.39 is 24.1 Å². The third-order valence-electron chi connectivity index (χ3n) is 1.71. The highest BCUT2D eigenvalue weighted by Crippen LogP contribution is 2.37. The van der Waals surface area contributed by atoms with E-state index in [-0.39, 0.29) is 10.2 Å². The van der Waals surface area contributed by atoms with Crippen molar-refractivity contribution < 1.29 is 31.4 Å². The lowest BCUT2D eigenvalue weighted by molar-refractivity contribution is -0.253. The van der Waals surface area contributed by atoms with Crippen LogP contribution in [-0.2, 0) is 0 Å². The van der Waals surface area contributed by atoms with Crippen LogP contribution in [0.5, 0.6) is 11.5 Å². The second-order valence-corrected chi connectivity index (χ2v) is 3.74. The minimum Gasteiger partial charge on any atom is -0.493 e. The van der Waals surface area contributed by atoms with Gasteiger partial charge in [0.05, 0.1) is 11.6 Å². The summed E-state index contributed by atoms with van der Waals surface area (Å²) in [6, 6.07) is 1.52. The highest BCUT2D eigenvalue weighted by atomic mass is 79.9. The molecule has 0 atom stereocenters. The van der Waals surface area contributed by atoms with Gasteiger partial charge in [-0.15, -0.1) is 0 Å². The lowest BCUT2D eigenvalue weighted by Crippen LogP contribution is -2.33. The molecule has 0 spiro atoms. The Morgan fingerprint density at radius 2 is 1.82 bits per heavy atom. The average Bonchev–Trinajstić information content (AvgIpc) is 2.22. The van der Waals surface area contributed by atoms with Gasteiger partial charge < -0.3 is 9.47 Å². The fourth-order valence-corrected chi connectivity index (χ4v) is 1.26. The Hall–Kier alpha value is -1.05. The lowest BCUT2D eigenvalue weighted by Gasteiger charge is -2.18. The maximum absolute atomic E-state index is 13.1. The minimum atomic E-state index is -4.71. The Morgan fingerprint density at radius 1 is 1.24 bits per heavy atom. The first-order valence-corrected chi connectivity index (χ1v) is 4.95. The van der Waals surface area contributed by atoms with Crippen LogP contribution in [0.4, 0.5) is 22.0 Å². The quantitative estimate of drug-likeness (QED) is 0.785. The highest BCUT2D eigenvalue weighted by molar-refractivity contribution is 9.10. The summed E-state index contributed by atoms with van der Waals surface area (Å²) in [7, 11) is 1.10. The SMILES string of the molecule is COc1cc(Br)c(F)cc1OC(F)(F)C(F)F. The van der Waals surface area contributed by atoms with E-state index in [1.165, 1.54) is 0 Å². The zero-order valence-corrected chi connectivity index (χ0v) is 9.90. The first-order valence-electron chi connectivity index (χ1n) is 4.16. The summed E-state index contributed by atoms with van der Waals surface area (Å²) < 4.78 is 70.4. The molecule has 1 aromatic carbocycles. The van der Waals surface area contributed by atoms with Crippen molar-refractivity contribution in [2.75, 3.05) is 7.11 Å². The molecule has 0 fully saturated rings. The number of halogens is 6. The van der Waals surface area contributed by atoms with Gasteiger partial charge in [-0.25, -0.2) is 4.39 Å². The topological polar surface area (TPSA) is 18.5 Å². The van der Waals surface area contributed by atoms with Gasteiger partial charge in [0.15, 0.2) is 11.5 Å². The molecule has 0 bridgehead atoms. The predicted octanol–water partition coefficient (Wildman–Crippen LogP) is 3.83. The number of hydrogen-bond donors (Lipinski definition) is 0. The molecule has 0 aliphatic heterocycles. The molecule has 8 heteroatoms. The zero-order chi connectivity index (χ0) is 13.2. The molecule has 17 heavy (non-hydrogen) atoms. The normalized spacial score (nSPS) is 11.8. The highest BCUT2D eigenvalue weighted by Gasteiger charge is 2.44. The fourth-order valence-electron chi connectivity index (χ4n) is 0.941. The van der Waals surface area contributed by atoms with E-state index in [1.807, 2.05) is 0 Å². The van der Waals surface area contributed by atoms with Gasteiger partial charge in [-0.3, -0.25) is 0 Å². The van der Waals surface area contributed by atoms with Gasteiger partial charge in [0.25, 0.3) is 0 Å². The minimum absolute atomic E-state index is 0.0675. The molecule has 0 heterocycles. The van der Waals surface area contributed by atoms with Crippen molar-refractivity contribution in [3.8, 4) is 11.5 Å². The van der Waals surface area contributed by atoms with Crippen LogP contribution < -0.4 is 9.47 Å². The third kappa shape index (κ3) is 3.21. The van der Waals surface area contributed by atoms with Crippen LogP contribution in [0.25, 0.3) is 0 Å². The molecule has 0 saturated carbocycles. The summed E-state index contributed by atoms with van der Waals surface area (Å²) in [6.07, 6.45) is -8.74. The maximum Gasteiger partial charge on any atom is 0.461 e. The van der Waals surface area contributed by atoms with E-state index >= 15 is 0 Å². The maximum atomic E-state index is 13.1. The Labute approximate surface area is 101 Å². The van der Waals surface area contributed by atoms with Crippen LogP contribution in [0.3, 0.4) is 0 Å². The summed E-state index contributed by atoms with van der Waals surface area (Å²) >= 11 is 2.78. The van der Waals surface area contributed by atoms with Gasteiger partial charge in [-0.05, 0) is 15.9 Å². The van der Waals surface area contributed by atoms with Crippen molar-refractivity contribution in [1.29, 1.82) is 0 Å². The largest absolute Gasteiger partial charge is 0.493 e. The second-order valence-electron chi connectivity index (χ2n) is 2.88. The average molecular weight is 321 g/mol. The summed E-state index contributed by atoms with van der Waals surface area (Å²) in [5.41, 5.74) is 0. The first-order chi connectivity index (χ1) is 7.77. The summed E-state index contributed by atoms with van der Waals surface area (Å²) in [6.45, 7) is 0. The number of hydrogen-bond acceptors (Lipinski definition) is 2. The molecule has 2 nitrogen and oxygen atoms in total. The molecular weight excluding hydrogens is 315 g/mol. The van der Waals surface area contributed by atoms with Gasteiger partial charge in [0, 0.05) is 12.1 Å². The fraction of sp³-hybridized carbons (Fsp3) is 0.333. The van der Waals surface area contributed by atoms with E-state index in [4.69, 9.17) is 0 Å². The number of ether oxygens (including phenoxy) is 2. The van der Waals surface area contributed by atoms with Crippen LogP contribution >= 0.6 is 15.9 Å². The van der Waals surface area contributed by atoms with E-state index in [1.54, 1.807) is 0 Å². The first kappa shape index (κ1) is 14.0. The molecule has 0 saturated heterocycles. The molecule has 0 unspecified atom stereocenters. The Balaban J connectivity index is 3.10. The van der Waals surface area contributed by atoms with Crippen molar-refractivity contribution in [2.45, 2.75) is 12.5 Å². The number of methoxy groups -OCH3 is 1. The number of rotatable bonds is 4. The van der Waals surface area contributed by atoms with Crippen molar-refractivity contribution in [3.05, 3.63) is 22.4 Å². The number of benzene rings is 1. The number of alkyl halides is 4. The third-order valence-corrected chi connectivity index (χ3v) is 2.31. The van der Waals surface area contributed by atoms with Gasteiger partial charge >= 0.3 is 12.5 Å². The van der Waals surface area contributed by atoms with Gasteiger partial charge in [0.1, 0.15) is 5.82 Å². The van der Waals surface area contributed by atoms with Gasteiger partial charge in [0.2, 0.25) is 0 Å². The van der Waals surface area contributed by atoms with Crippen molar-refractivity contribution >= 4 is 15.9 Å². The van der Waals surface area contributed by atoms with Crippen LogP contribution in [0, 0.1) is 5.82 Å². The molecule has 0 aliphatic rings. The predicted molar refractivity (Wildman–Crippen MR) is 52.2 cm³/mol. The molecule has 0 aromatic heterocycles. The second kappa shape index (κ2) is 5.07. The van der Waals surface area contributed by atoms with Crippen LogP contribution in [-0.4, -0.2) is 19.6 Å². The molecule has 0 amide bonds. The smallest absolute Gasteiger partial charge is 0.461 e. The van der Waals surface area contributed by atoms with E-state index in [0.29, 0.717) is 6.07 Å². The van der Waals surface area contributed by atoms with E-state index in [9.17, 15) is 22.0 Å². The summed E-state index contributed by atoms with van der Waals surface area (Å²) in [5, 5.41) is 0.